The van der Waals surface area contributed by atoms with Gasteiger partial charge < -0.3 is 9.84 Å². The fraction of sp³-hybridized carbons (Fsp3) is 0.182. The van der Waals surface area contributed by atoms with Crippen LogP contribution in [0, 0.1) is 6.92 Å². The molecule has 0 bridgehead atoms. The highest BCUT2D eigenvalue weighted by molar-refractivity contribution is 7.22. The van der Waals surface area contributed by atoms with E-state index in [1.54, 1.807) is 13.0 Å². The number of halogens is 1. The van der Waals surface area contributed by atoms with Gasteiger partial charge in [-0.15, -0.1) is 11.3 Å². The van der Waals surface area contributed by atoms with Crippen LogP contribution < -0.4 is 5.32 Å². The van der Waals surface area contributed by atoms with Crippen LogP contribution in [0.25, 0.3) is 31.8 Å². The maximum atomic E-state index is 13.1. The van der Waals surface area contributed by atoms with E-state index in [4.69, 9.17) is 16.3 Å². The molecule has 3 aromatic carbocycles. The van der Waals surface area contributed by atoms with Crippen molar-refractivity contribution in [1.82, 2.24) is 4.98 Å². The summed E-state index contributed by atoms with van der Waals surface area (Å²) < 4.78 is 5.70. The first kappa shape index (κ1) is 27.0. The fourth-order valence-electron chi connectivity index (χ4n) is 5.11. The van der Waals surface area contributed by atoms with E-state index in [0.717, 1.165) is 48.6 Å². The van der Waals surface area contributed by atoms with Gasteiger partial charge >= 0.3 is 12.1 Å². The van der Waals surface area contributed by atoms with Crippen molar-refractivity contribution in [3.05, 3.63) is 107 Å². The smallest absolute Gasteiger partial charge is 0.412 e. The highest BCUT2D eigenvalue weighted by atomic mass is 35.5. The van der Waals surface area contributed by atoms with E-state index in [1.165, 1.54) is 11.3 Å². The molecule has 2 N–H and O–H groups in total. The normalized spacial score (nSPS) is 14.4. The third-order valence-corrected chi connectivity index (χ3v) is 9.12. The van der Waals surface area contributed by atoms with Crippen LogP contribution in [0.3, 0.4) is 0 Å². The van der Waals surface area contributed by atoms with Gasteiger partial charge in [0.1, 0.15) is 10.9 Å². The van der Waals surface area contributed by atoms with Crippen LogP contribution in [0.5, 0.6) is 0 Å². The number of nitrogens with zero attached hydrogens (tertiary/aromatic N) is 1. The number of rotatable bonds is 7. The number of benzene rings is 3. The largest absolute Gasteiger partial charge is 0.481 e. The number of aromatic nitrogens is 1. The average Bonchev–Trinajstić information content (AvgIpc) is 3.71. The molecule has 5 aromatic rings. The first-order valence-electron chi connectivity index (χ1n) is 13.3. The Labute approximate surface area is 246 Å². The van der Waals surface area contributed by atoms with Crippen LogP contribution in [-0.4, -0.2) is 22.2 Å². The van der Waals surface area contributed by atoms with Gasteiger partial charge in [0.25, 0.3) is 0 Å². The van der Waals surface area contributed by atoms with E-state index < -0.39 is 23.6 Å². The molecule has 2 aromatic heterocycles. The summed E-state index contributed by atoms with van der Waals surface area (Å²) in [5.74, 6) is -0.755. The van der Waals surface area contributed by atoms with Gasteiger partial charge in [-0.05, 0) is 67.1 Å². The average molecular weight is 583 g/mol. The van der Waals surface area contributed by atoms with Crippen molar-refractivity contribution >= 4 is 50.9 Å². The zero-order valence-corrected chi connectivity index (χ0v) is 24.1. The van der Waals surface area contributed by atoms with Crippen LogP contribution in [0.1, 0.15) is 42.7 Å². The highest BCUT2D eigenvalue weighted by Crippen LogP contribution is 2.49. The Morgan fingerprint density at radius 2 is 1.59 bits per heavy atom. The molecule has 1 amide bonds. The minimum atomic E-state index is -0.755. The van der Waals surface area contributed by atoms with E-state index in [0.29, 0.717) is 23.6 Å². The van der Waals surface area contributed by atoms with Crippen molar-refractivity contribution in [2.24, 2.45) is 0 Å². The summed E-state index contributed by atoms with van der Waals surface area (Å²) in [6.07, 6.45) is 0.254. The van der Waals surface area contributed by atoms with Crippen molar-refractivity contribution < 1.29 is 19.4 Å². The first-order chi connectivity index (χ1) is 19.7. The molecule has 0 spiro atoms. The van der Waals surface area contributed by atoms with E-state index >= 15 is 0 Å². The fourth-order valence-corrected chi connectivity index (χ4v) is 6.57. The molecule has 1 aliphatic carbocycles. The van der Waals surface area contributed by atoms with Gasteiger partial charge in [0.2, 0.25) is 0 Å². The lowest BCUT2D eigenvalue weighted by atomic mass is 9.93. The molecular formula is C33H27ClN2O4S. The van der Waals surface area contributed by atoms with Gasteiger partial charge in [0.05, 0.1) is 16.0 Å². The predicted octanol–water partition coefficient (Wildman–Crippen LogP) is 9.02. The molecule has 0 saturated heterocycles. The monoisotopic (exact) mass is 582 g/mol. The number of aryl methyl sites for hydroxylation is 1. The number of aliphatic carboxylic acids is 1. The lowest BCUT2D eigenvalue weighted by Gasteiger charge is -2.16. The van der Waals surface area contributed by atoms with E-state index in [-0.39, 0.29) is 0 Å². The number of ether oxygens (including phenoxy) is 1. The number of hydrogen-bond donors (Lipinski definition) is 2. The molecular weight excluding hydrogens is 556 g/mol. The molecule has 206 valence electrons. The lowest BCUT2D eigenvalue weighted by Crippen LogP contribution is -2.19. The summed E-state index contributed by atoms with van der Waals surface area (Å²) in [5.41, 5.74) is 5.36. The molecule has 6 rings (SSSR count). The summed E-state index contributed by atoms with van der Waals surface area (Å²) in [7, 11) is 0. The maximum absolute atomic E-state index is 13.1. The standard InChI is InChI=1S/C33H27ClN2O4S/c1-19-7-16-26-28(36-32(39)40-20(2)25-5-3-4-6-27(25)34)29(41-30(26)35-19)23-10-8-21(9-11-23)22-12-14-24(15-13-22)33(17-18-33)31(37)38/h3-16,20H,17-18H2,1-2H3,(H,36,39)(H,37,38)/t20-/m1/s1. The third-order valence-electron chi connectivity index (χ3n) is 7.63. The second-order valence-corrected chi connectivity index (χ2v) is 11.8. The lowest BCUT2D eigenvalue weighted by molar-refractivity contribution is -0.140. The molecule has 8 heteroatoms. The van der Waals surface area contributed by atoms with E-state index in [9.17, 15) is 14.7 Å². The number of nitrogens with one attached hydrogen (secondary N) is 1. The molecule has 2 heterocycles. The SMILES string of the molecule is Cc1ccc2c(NC(=O)O[C@H](C)c3ccccc3Cl)c(-c3ccc(-c4ccc(C5(C(=O)O)CC5)cc4)cc3)sc2n1. The number of hydrogen-bond acceptors (Lipinski definition) is 5. The van der Waals surface area contributed by atoms with Crippen LogP contribution >= 0.6 is 22.9 Å². The zero-order valence-electron chi connectivity index (χ0n) is 22.5. The van der Waals surface area contributed by atoms with Crippen LogP contribution in [0.4, 0.5) is 10.5 Å². The molecule has 0 unspecified atom stereocenters. The first-order valence-corrected chi connectivity index (χ1v) is 14.5. The Kier molecular flexibility index (Phi) is 7.01. The maximum Gasteiger partial charge on any atom is 0.412 e. The summed E-state index contributed by atoms with van der Waals surface area (Å²) in [4.78, 5) is 31.1. The Morgan fingerprint density at radius 3 is 2.22 bits per heavy atom. The van der Waals surface area contributed by atoms with Crippen LogP contribution in [0.15, 0.2) is 84.9 Å². The Morgan fingerprint density at radius 1 is 0.951 bits per heavy atom. The van der Waals surface area contributed by atoms with Gasteiger partial charge in [0, 0.05) is 21.7 Å². The quantitative estimate of drug-likeness (QED) is 0.200. The molecule has 0 radical (unpaired) electrons. The summed E-state index contributed by atoms with van der Waals surface area (Å²) in [6.45, 7) is 3.73. The van der Waals surface area contributed by atoms with Gasteiger partial charge in [-0.2, -0.15) is 0 Å². The number of carboxylic acids is 1. The molecule has 1 atom stereocenters. The topological polar surface area (TPSA) is 88.5 Å². The van der Waals surface area contributed by atoms with Gasteiger partial charge in [-0.25, -0.2) is 9.78 Å². The highest BCUT2D eigenvalue weighted by Gasteiger charge is 2.51. The minimum Gasteiger partial charge on any atom is -0.481 e. The number of anilines is 1. The number of amides is 1. The van der Waals surface area contributed by atoms with Crippen molar-refractivity contribution in [1.29, 1.82) is 0 Å². The Bertz CT molecular complexity index is 1780. The van der Waals surface area contributed by atoms with Gasteiger partial charge in [-0.1, -0.05) is 78.3 Å². The summed E-state index contributed by atoms with van der Waals surface area (Å²) >= 11 is 7.81. The Balaban J connectivity index is 1.27. The van der Waals surface area contributed by atoms with Crippen molar-refractivity contribution in [3.63, 3.8) is 0 Å². The van der Waals surface area contributed by atoms with E-state index in [1.807, 2.05) is 85.8 Å². The number of carboxylic acid groups (broad SMARTS) is 1. The molecule has 6 nitrogen and oxygen atoms in total. The molecule has 1 aliphatic rings. The van der Waals surface area contributed by atoms with Crippen LogP contribution in [-0.2, 0) is 14.9 Å². The van der Waals surface area contributed by atoms with Gasteiger partial charge in [-0.3, -0.25) is 10.1 Å². The number of pyridine rings is 1. The van der Waals surface area contributed by atoms with Crippen molar-refractivity contribution in [2.45, 2.75) is 38.2 Å². The van der Waals surface area contributed by atoms with Crippen molar-refractivity contribution in [3.8, 4) is 21.6 Å². The molecule has 41 heavy (non-hydrogen) atoms. The van der Waals surface area contributed by atoms with Crippen LogP contribution in [0.2, 0.25) is 5.02 Å². The second-order valence-electron chi connectivity index (χ2n) is 10.3. The number of carbonyl (C=O) groups is 2. The van der Waals surface area contributed by atoms with E-state index in [2.05, 4.69) is 10.3 Å². The second kappa shape index (κ2) is 10.7. The van der Waals surface area contributed by atoms with Gasteiger partial charge in [0.15, 0.2) is 0 Å². The molecule has 1 fully saturated rings. The van der Waals surface area contributed by atoms with Crippen molar-refractivity contribution in [2.75, 3.05) is 5.32 Å². The summed E-state index contributed by atoms with van der Waals surface area (Å²) in [6, 6.07) is 27.1. The number of fused-ring (bicyclic) bond motifs is 1. The number of carbonyl (C=O) groups excluding carboxylic acids is 1. The number of thiophene rings is 1. The predicted molar refractivity (Wildman–Crippen MR) is 164 cm³/mol. The zero-order chi connectivity index (χ0) is 28.7. The Hall–Kier alpha value is -4.20. The summed E-state index contributed by atoms with van der Waals surface area (Å²) in [5, 5.41) is 13.9. The minimum absolute atomic E-state index is 0.534. The third kappa shape index (κ3) is 5.19. The molecule has 0 aliphatic heterocycles. The molecule has 1 saturated carbocycles.